The monoisotopic (exact) mass is 265 g/mol. The third kappa shape index (κ3) is 2.61. The van der Waals surface area contributed by atoms with Gasteiger partial charge in [0.1, 0.15) is 0 Å². The number of H-pyrrole nitrogens is 1. The second-order valence-electron chi connectivity index (χ2n) is 4.01. The standard InChI is InChI=1S/C13H9P.C2H3N3/c1-2-5-11-10(4-1)7-8-13-12(11)6-3-9-14-13;1-2-4-5-3-1/h1-9H;1-2H,(H,3,4,5). The molecule has 4 aromatic rings. The summed E-state index contributed by atoms with van der Waals surface area (Å²) in [5.74, 6) is 2.18. The van der Waals surface area contributed by atoms with Crippen molar-refractivity contribution in [2.75, 3.05) is 0 Å². The minimum atomic E-state index is 1.31. The van der Waals surface area contributed by atoms with Crippen molar-refractivity contribution in [2.24, 2.45) is 0 Å². The highest BCUT2D eigenvalue weighted by Gasteiger charge is 1.97. The van der Waals surface area contributed by atoms with E-state index in [-0.39, 0.29) is 0 Å². The quantitative estimate of drug-likeness (QED) is 0.479. The molecule has 2 heterocycles. The van der Waals surface area contributed by atoms with Crippen LogP contribution in [-0.2, 0) is 0 Å². The maximum atomic E-state index is 3.49. The fourth-order valence-electron chi connectivity index (χ4n) is 2.00. The number of nitrogens with zero attached hydrogens (tertiary/aromatic N) is 2. The third-order valence-corrected chi connectivity index (χ3v) is 3.83. The molecule has 0 saturated carbocycles. The smallest absolute Gasteiger partial charge is 0.0690 e. The summed E-state index contributed by atoms with van der Waals surface area (Å²) in [7, 11) is 1.31. The van der Waals surface area contributed by atoms with Gasteiger partial charge in [-0.15, -0.1) is 0 Å². The summed E-state index contributed by atoms with van der Waals surface area (Å²) in [5.41, 5.74) is 0. The van der Waals surface area contributed by atoms with E-state index < -0.39 is 0 Å². The van der Waals surface area contributed by atoms with Crippen molar-refractivity contribution < 1.29 is 0 Å². The molecular formula is C15H12N3P. The lowest BCUT2D eigenvalue weighted by Crippen LogP contribution is -1.73. The molecule has 0 radical (unpaired) electrons. The Kier molecular flexibility index (Phi) is 3.48. The van der Waals surface area contributed by atoms with Crippen LogP contribution in [0.2, 0.25) is 0 Å². The van der Waals surface area contributed by atoms with Crippen molar-refractivity contribution in [3.05, 3.63) is 66.7 Å². The Morgan fingerprint density at radius 3 is 2.37 bits per heavy atom. The maximum absolute atomic E-state index is 3.49. The largest absolute Gasteiger partial charge is 0.198 e. The van der Waals surface area contributed by atoms with Gasteiger partial charge in [0, 0.05) is 5.12 Å². The molecule has 0 aliphatic carbocycles. The van der Waals surface area contributed by atoms with Crippen molar-refractivity contribution in [1.82, 2.24) is 15.4 Å². The van der Waals surface area contributed by atoms with Gasteiger partial charge in [0.2, 0.25) is 0 Å². The lowest BCUT2D eigenvalue weighted by molar-refractivity contribution is 0.940. The van der Waals surface area contributed by atoms with Crippen LogP contribution in [0.4, 0.5) is 0 Å². The predicted molar refractivity (Wildman–Crippen MR) is 80.3 cm³/mol. The maximum Gasteiger partial charge on any atom is 0.0690 e. The summed E-state index contributed by atoms with van der Waals surface area (Å²) in [6.07, 6.45) is 3.17. The Bertz CT molecular complexity index is 710. The summed E-state index contributed by atoms with van der Waals surface area (Å²) in [4.78, 5) is 0. The van der Waals surface area contributed by atoms with E-state index in [4.69, 9.17) is 0 Å². The minimum absolute atomic E-state index is 1.31. The molecule has 0 atom stereocenters. The topological polar surface area (TPSA) is 41.6 Å². The number of benzene rings is 2. The first-order chi connectivity index (χ1) is 9.45. The summed E-state index contributed by atoms with van der Waals surface area (Å²) in [5, 5.41) is 14.8. The van der Waals surface area contributed by atoms with Crippen LogP contribution in [0.5, 0.6) is 0 Å². The van der Waals surface area contributed by atoms with Crippen LogP contribution >= 0.6 is 8.19 Å². The average Bonchev–Trinajstić information content (AvgIpc) is 3.07. The number of nitrogens with one attached hydrogen (secondary N) is 1. The molecule has 0 aliphatic heterocycles. The van der Waals surface area contributed by atoms with Gasteiger partial charge < -0.3 is 0 Å². The number of hydrogen-bond donors (Lipinski definition) is 1. The third-order valence-electron chi connectivity index (χ3n) is 2.84. The number of hydrogen-bond acceptors (Lipinski definition) is 2. The van der Waals surface area contributed by atoms with Gasteiger partial charge in [0.25, 0.3) is 0 Å². The second-order valence-corrected chi connectivity index (χ2v) is 5.05. The molecule has 0 bridgehead atoms. The van der Waals surface area contributed by atoms with Crippen molar-refractivity contribution in [2.45, 2.75) is 0 Å². The molecule has 4 heteroatoms. The second kappa shape index (κ2) is 5.59. The highest BCUT2D eigenvalue weighted by atomic mass is 31.0. The van der Waals surface area contributed by atoms with E-state index in [0.717, 1.165) is 0 Å². The fraction of sp³-hybridized carbons (Fsp3) is 0. The van der Waals surface area contributed by atoms with Crippen LogP contribution in [0, 0.1) is 0 Å². The zero-order valence-electron chi connectivity index (χ0n) is 10.2. The average molecular weight is 265 g/mol. The molecule has 2 aromatic carbocycles. The van der Waals surface area contributed by atoms with Crippen LogP contribution in [0.1, 0.15) is 0 Å². The van der Waals surface area contributed by atoms with Gasteiger partial charge in [-0.05, 0) is 28.0 Å². The van der Waals surface area contributed by atoms with Gasteiger partial charge in [-0.1, -0.05) is 50.7 Å². The molecule has 19 heavy (non-hydrogen) atoms. The highest BCUT2D eigenvalue weighted by Crippen LogP contribution is 2.29. The molecule has 0 spiro atoms. The Hall–Kier alpha value is -2.25. The molecule has 2 aromatic heterocycles. The first-order valence-corrected chi connectivity index (χ1v) is 6.94. The molecular weight excluding hydrogens is 253 g/mol. The van der Waals surface area contributed by atoms with E-state index in [1.807, 2.05) is 0 Å². The SMILES string of the molecule is c1ccc2c(c1)ccc1pcccc12.c1cn[nH]n1. The van der Waals surface area contributed by atoms with Gasteiger partial charge in [0.05, 0.1) is 12.4 Å². The van der Waals surface area contributed by atoms with Gasteiger partial charge in [-0.3, -0.25) is 0 Å². The zero-order chi connectivity index (χ0) is 12.9. The van der Waals surface area contributed by atoms with Crippen LogP contribution in [-0.4, -0.2) is 15.4 Å². The molecule has 0 saturated heterocycles. The van der Waals surface area contributed by atoms with Crippen molar-refractivity contribution >= 4 is 29.5 Å². The van der Waals surface area contributed by atoms with Crippen molar-refractivity contribution in [1.29, 1.82) is 0 Å². The Balaban J connectivity index is 0.000000187. The van der Waals surface area contributed by atoms with Gasteiger partial charge in [-0.2, -0.15) is 15.4 Å². The van der Waals surface area contributed by atoms with E-state index in [9.17, 15) is 0 Å². The predicted octanol–water partition coefficient (Wildman–Crippen LogP) is 4.38. The van der Waals surface area contributed by atoms with Crippen molar-refractivity contribution in [3.8, 4) is 0 Å². The Morgan fingerprint density at radius 1 is 0.789 bits per heavy atom. The van der Waals surface area contributed by atoms with Gasteiger partial charge in [-0.25, -0.2) is 0 Å². The lowest BCUT2D eigenvalue weighted by atomic mass is 10.1. The minimum Gasteiger partial charge on any atom is -0.198 e. The first-order valence-electron chi connectivity index (χ1n) is 5.97. The molecule has 1 N–H and O–H groups in total. The van der Waals surface area contributed by atoms with E-state index in [1.165, 1.54) is 29.5 Å². The fourth-order valence-corrected chi connectivity index (χ4v) is 2.83. The van der Waals surface area contributed by atoms with Gasteiger partial charge in [0.15, 0.2) is 0 Å². The lowest BCUT2D eigenvalue weighted by Gasteiger charge is -2.01. The molecule has 0 fully saturated rings. The molecule has 92 valence electrons. The number of fused-ring (bicyclic) bond motifs is 3. The van der Waals surface area contributed by atoms with E-state index in [1.54, 1.807) is 12.4 Å². The molecule has 0 unspecified atom stereocenters. The Labute approximate surface area is 112 Å². The zero-order valence-corrected chi connectivity index (χ0v) is 11.1. The summed E-state index contributed by atoms with van der Waals surface area (Å²) >= 11 is 0. The van der Waals surface area contributed by atoms with E-state index >= 15 is 0 Å². The summed E-state index contributed by atoms with van der Waals surface area (Å²) in [6, 6.07) is 17.3. The van der Waals surface area contributed by atoms with Crippen LogP contribution in [0.15, 0.2) is 66.7 Å². The molecule has 3 nitrogen and oxygen atoms in total. The van der Waals surface area contributed by atoms with Crippen LogP contribution in [0.3, 0.4) is 0 Å². The van der Waals surface area contributed by atoms with E-state index in [2.05, 4.69) is 69.7 Å². The first kappa shape index (κ1) is 11.8. The highest BCUT2D eigenvalue weighted by molar-refractivity contribution is 7.36. The molecule has 0 aliphatic rings. The molecule has 0 amide bonds. The number of rotatable bonds is 0. The number of aromatic nitrogens is 3. The van der Waals surface area contributed by atoms with Crippen molar-refractivity contribution in [3.63, 3.8) is 0 Å². The van der Waals surface area contributed by atoms with Crippen LogP contribution in [0.25, 0.3) is 21.3 Å². The molecule has 4 rings (SSSR count). The van der Waals surface area contributed by atoms with E-state index in [0.29, 0.717) is 0 Å². The normalized spacial score (nSPS) is 10.5. The van der Waals surface area contributed by atoms with Gasteiger partial charge >= 0.3 is 0 Å². The van der Waals surface area contributed by atoms with Crippen LogP contribution < -0.4 is 0 Å². The Morgan fingerprint density at radius 2 is 1.58 bits per heavy atom. The summed E-state index contributed by atoms with van der Waals surface area (Å²) < 4.78 is 0. The summed E-state index contributed by atoms with van der Waals surface area (Å²) in [6.45, 7) is 0. The number of aromatic amines is 1.